The van der Waals surface area contributed by atoms with Crippen molar-refractivity contribution >= 4 is 17.4 Å². The zero-order chi connectivity index (χ0) is 20.1. The van der Waals surface area contributed by atoms with Crippen molar-refractivity contribution in [3.05, 3.63) is 78.0 Å². The fraction of sp³-hybridized carbons (Fsp3) is 0.273. The lowest BCUT2D eigenvalue weighted by molar-refractivity contribution is 0.0740. The summed E-state index contributed by atoms with van der Waals surface area (Å²) in [6.45, 7) is 5.66. The Kier molecular flexibility index (Phi) is 5.65. The summed E-state index contributed by atoms with van der Waals surface area (Å²) >= 11 is 0. The molecule has 0 atom stereocenters. The van der Waals surface area contributed by atoms with E-state index in [1.54, 1.807) is 18.5 Å². The monoisotopic (exact) mass is 388 g/mol. The standard InChI is InChI=1S/C22H24N6O/c1-17-4-2-6-19(12-17)27-8-10-28(11-9-27)22(29)20-13-21(26-16-25-20)24-15-18-5-3-7-23-14-18/h2-7,12-14,16H,8-11,15H2,1H3,(H,24,25,26). The van der Waals surface area contributed by atoms with Gasteiger partial charge in [-0.1, -0.05) is 18.2 Å². The molecule has 0 radical (unpaired) electrons. The molecule has 148 valence electrons. The molecule has 1 amide bonds. The van der Waals surface area contributed by atoms with Crippen LogP contribution in [0, 0.1) is 6.92 Å². The summed E-state index contributed by atoms with van der Waals surface area (Å²) in [5.41, 5.74) is 3.92. The van der Waals surface area contributed by atoms with E-state index >= 15 is 0 Å². The first-order chi connectivity index (χ1) is 14.2. The molecule has 1 aromatic carbocycles. The third-order valence-corrected chi connectivity index (χ3v) is 5.02. The van der Waals surface area contributed by atoms with Gasteiger partial charge < -0.3 is 15.1 Å². The lowest BCUT2D eigenvalue weighted by Crippen LogP contribution is -2.49. The molecule has 0 saturated carbocycles. The largest absolute Gasteiger partial charge is 0.368 e. The molecule has 0 unspecified atom stereocenters. The second-order valence-electron chi connectivity index (χ2n) is 7.12. The Balaban J connectivity index is 1.36. The van der Waals surface area contributed by atoms with Crippen LogP contribution in [0.4, 0.5) is 11.5 Å². The number of nitrogens with zero attached hydrogens (tertiary/aromatic N) is 5. The quantitative estimate of drug-likeness (QED) is 0.724. The van der Waals surface area contributed by atoms with Gasteiger partial charge in [-0.25, -0.2) is 9.97 Å². The highest BCUT2D eigenvalue weighted by Gasteiger charge is 2.23. The summed E-state index contributed by atoms with van der Waals surface area (Å²) < 4.78 is 0. The average Bonchev–Trinajstić information content (AvgIpc) is 2.78. The lowest BCUT2D eigenvalue weighted by atomic mass is 10.2. The highest BCUT2D eigenvalue weighted by molar-refractivity contribution is 5.93. The molecule has 1 saturated heterocycles. The Morgan fingerprint density at radius 3 is 2.69 bits per heavy atom. The third kappa shape index (κ3) is 4.68. The van der Waals surface area contributed by atoms with E-state index < -0.39 is 0 Å². The SMILES string of the molecule is Cc1cccc(N2CCN(C(=O)c3cc(NCc4cccnc4)ncn3)CC2)c1. The van der Waals surface area contributed by atoms with Crippen LogP contribution in [0.15, 0.2) is 61.2 Å². The Morgan fingerprint density at radius 1 is 1.07 bits per heavy atom. The third-order valence-electron chi connectivity index (χ3n) is 5.02. The number of aromatic nitrogens is 3. The van der Waals surface area contributed by atoms with Crippen molar-refractivity contribution in [2.45, 2.75) is 13.5 Å². The van der Waals surface area contributed by atoms with Gasteiger partial charge >= 0.3 is 0 Å². The van der Waals surface area contributed by atoms with Crippen molar-refractivity contribution in [3.8, 4) is 0 Å². The predicted molar refractivity (Wildman–Crippen MR) is 113 cm³/mol. The topological polar surface area (TPSA) is 74.2 Å². The van der Waals surface area contributed by atoms with Crippen molar-refractivity contribution in [2.24, 2.45) is 0 Å². The second kappa shape index (κ2) is 8.68. The number of hydrogen-bond donors (Lipinski definition) is 1. The van der Waals surface area contributed by atoms with Crippen molar-refractivity contribution in [1.29, 1.82) is 0 Å². The molecule has 4 rings (SSSR count). The number of amides is 1. The number of pyridine rings is 1. The highest BCUT2D eigenvalue weighted by Crippen LogP contribution is 2.18. The molecule has 1 N–H and O–H groups in total. The maximum atomic E-state index is 12.9. The van der Waals surface area contributed by atoms with Crippen LogP contribution in [0.2, 0.25) is 0 Å². The second-order valence-corrected chi connectivity index (χ2v) is 7.12. The van der Waals surface area contributed by atoms with Crippen LogP contribution < -0.4 is 10.2 Å². The minimum absolute atomic E-state index is 0.0549. The summed E-state index contributed by atoms with van der Waals surface area (Å²) in [4.78, 5) is 29.6. The van der Waals surface area contributed by atoms with Crippen molar-refractivity contribution in [3.63, 3.8) is 0 Å². The van der Waals surface area contributed by atoms with Gasteiger partial charge in [-0.3, -0.25) is 9.78 Å². The molecule has 1 fully saturated rings. The van der Waals surface area contributed by atoms with Gasteiger partial charge in [0.05, 0.1) is 0 Å². The first-order valence-corrected chi connectivity index (χ1v) is 9.75. The van der Waals surface area contributed by atoms with E-state index in [0.717, 1.165) is 18.7 Å². The smallest absolute Gasteiger partial charge is 0.272 e. The maximum Gasteiger partial charge on any atom is 0.272 e. The summed E-state index contributed by atoms with van der Waals surface area (Å²) in [5.74, 6) is 0.575. The number of hydrogen-bond acceptors (Lipinski definition) is 6. The predicted octanol–water partition coefficient (Wildman–Crippen LogP) is 2.75. The molecule has 1 aliphatic heterocycles. The van der Waals surface area contributed by atoms with Crippen LogP contribution in [0.25, 0.3) is 0 Å². The molecule has 7 nitrogen and oxygen atoms in total. The zero-order valence-electron chi connectivity index (χ0n) is 16.5. The number of carbonyl (C=O) groups is 1. The average molecular weight is 388 g/mol. The number of nitrogens with one attached hydrogen (secondary N) is 1. The first-order valence-electron chi connectivity index (χ1n) is 9.75. The van der Waals surface area contributed by atoms with Crippen LogP contribution in [0.3, 0.4) is 0 Å². The molecule has 2 aromatic heterocycles. The Hall–Kier alpha value is -3.48. The Labute approximate surface area is 170 Å². The summed E-state index contributed by atoms with van der Waals surface area (Å²) in [5, 5.41) is 3.22. The van der Waals surface area contributed by atoms with E-state index in [2.05, 4.69) is 56.4 Å². The molecular formula is C22H24N6O. The van der Waals surface area contributed by atoms with E-state index in [9.17, 15) is 4.79 Å². The zero-order valence-corrected chi connectivity index (χ0v) is 16.5. The van der Waals surface area contributed by atoms with Gasteiger partial charge in [0.1, 0.15) is 17.8 Å². The molecule has 0 aliphatic carbocycles. The van der Waals surface area contributed by atoms with Gasteiger partial charge in [-0.05, 0) is 36.2 Å². The first kappa shape index (κ1) is 18.9. The Morgan fingerprint density at radius 2 is 1.93 bits per heavy atom. The van der Waals surface area contributed by atoms with Crippen LogP contribution >= 0.6 is 0 Å². The van der Waals surface area contributed by atoms with E-state index in [1.807, 2.05) is 17.0 Å². The van der Waals surface area contributed by atoms with E-state index in [1.165, 1.54) is 17.6 Å². The van der Waals surface area contributed by atoms with Gasteiger partial charge in [0.2, 0.25) is 0 Å². The fourth-order valence-corrected chi connectivity index (χ4v) is 3.42. The van der Waals surface area contributed by atoms with Crippen LogP contribution in [-0.4, -0.2) is 51.9 Å². The summed E-state index contributed by atoms with van der Waals surface area (Å²) in [7, 11) is 0. The normalized spacial score (nSPS) is 14.0. The molecule has 0 spiro atoms. The molecule has 7 heteroatoms. The van der Waals surface area contributed by atoms with E-state index in [4.69, 9.17) is 0 Å². The number of anilines is 2. The summed E-state index contributed by atoms with van der Waals surface area (Å²) in [6.07, 6.45) is 4.97. The maximum absolute atomic E-state index is 12.9. The minimum atomic E-state index is -0.0549. The minimum Gasteiger partial charge on any atom is -0.368 e. The fourth-order valence-electron chi connectivity index (χ4n) is 3.42. The number of rotatable bonds is 5. The van der Waals surface area contributed by atoms with E-state index in [0.29, 0.717) is 31.1 Å². The van der Waals surface area contributed by atoms with E-state index in [-0.39, 0.29) is 5.91 Å². The van der Waals surface area contributed by atoms with Gasteiger partial charge in [-0.2, -0.15) is 0 Å². The highest BCUT2D eigenvalue weighted by atomic mass is 16.2. The van der Waals surface area contributed by atoms with Crippen LogP contribution in [-0.2, 0) is 6.54 Å². The van der Waals surface area contributed by atoms with Gasteiger partial charge in [0.15, 0.2) is 0 Å². The Bertz CT molecular complexity index is 970. The summed E-state index contributed by atoms with van der Waals surface area (Å²) in [6, 6.07) is 14.1. The molecular weight excluding hydrogens is 364 g/mol. The number of benzene rings is 1. The molecule has 1 aliphatic rings. The van der Waals surface area contributed by atoms with Crippen molar-refractivity contribution in [1.82, 2.24) is 19.9 Å². The number of carbonyl (C=O) groups excluding carboxylic acids is 1. The van der Waals surface area contributed by atoms with Gasteiger partial charge in [0, 0.05) is 56.9 Å². The molecule has 3 heterocycles. The van der Waals surface area contributed by atoms with Crippen LogP contribution in [0.5, 0.6) is 0 Å². The number of aryl methyl sites for hydroxylation is 1. The van der Waals surface area contributed by atoms with Crippen LogP contribution in [0.1, 0.15) is 21.6 Å². The van der Waals surface area contributed by atoms with Crippen molar-refractivity contribution in [2.75, 3.05) is 36.4 Å². The molecule has 29 heavy (non-hydrogen) atoms. The van der Waals surface area contributed by atoms with Gasteiger partial charge in [0.25, 0.3) is 5.91 Å². The van der Waals surface area contributed by atoms with Gasteiger partial charge in [-0.15, -0.1) is 0 Å². The lowest BCUT2D eigenvalue weighted by Gasteiger charge is -2.36. The molecule has 3 aromatic rings. The van der Waals surface area contributed by atoms with Crippen molar-refractivity contribution < 1.29 is 4.79 Å². The molecule has 0 bridgehead atoms. The number of piperazine rings is 1.